The molecule has 1 aromatic carbocycles. The van der Waals surface area contributed by atoms with Crippen LogP contribution in [-0.2, 0) is 6.54 Å². The molecular weight excluding hydrogens is 339 g/mol. The minimum Gasteiger partial charge on any atom is -0.328 e. The van der Waals surface area contributed by atoms with Crippen molar-refractivity contribution in [2.75, 3.05) is 6.54 Å². The Morgan fingerprint density at radius 1 is 1.35 bits per heavy atom. The van der Waals surface area contributed by atoms with Crippen LogP contribution in [0.15, 0.2) is 35.1 Å². The summed E-state index contributed by atoms with van der Waals surface area (Å²) in [4.78, 5) is 14.6. The van der Waals surface area contributed by atoms with Gasteiger partial charge >= 0.3 is 0 Å². The van der Waals surface area contributed by atoms with Gasteiger partial charge in [-0.3, -0.25) is 4.79 Å². The molecule has 1 saturated heterocycles. The zero-order valence-electron chi connectivity index (χ0n) is 14.2. The average Bonchev–Trinajstić information content (AvgIpc) is 3.36. The maximum atomic E-state index is 13.8. The molecule has 4 rings (SSSR count). The summed E-state index contributed by atoms with van der Waals surface area (Å²) in [5.74, 6) is -0.542. The second kappa shape index (κ2) is 6.66. The molecule has 26 heavy (non-hydrogen) atoms. The van der Waals surface area contributed by atoms with E-state index in [-0.39, 0.29) is 30.0 Å². The van der Waals surface area contributed by atoms with Crippen molar-refractivity contribution in [3.8, 4) is 0 Å². The summed E-state index contributed by atoms with van der Waals surface area (Å²) in [7, 11) is 0. The van der Waals surface area contributed by atoms with Crippen molar-refractivity contribution < 1.29 is 13.8 Å². The molecule has 0 bridgehead atoms. The minimum atomic E-state index is -0.315. The fourth-order valence-corrected chi connectivity index (χ4v) is 3.26. The summed E-state index contributed by atoms with van der Waals surface area (Å²) in [6.45, 7) is 2.62. The van der Waals surface area contributed by atoms with Gasteiger partial charge in [0.2, 0.25) is 0 Å². The van der Waals surface area contributed by atoms with E-state index < -0.39 is 0 Å². The van der Waals surface area contributed by atoms with Crippen LogP contribution >= 0.6 is 0 Å². The molecule has 1 aliphatic heterocycles. The molecule has 8 nitrogen and oxygen atoms in total. The van der Waals surface area contributed by atoms with Gasteiger partial charge in [0.25, 0.3) is 5.91 Å². The van der Waals surface area contributed by atoms with Crippen molar-refractivity contribution in [3.05, 3.63) is 58.9 Å². The summed E-state index contributed by atoms with van der Waals surface area (Å²) in [6, 6.07) is 6.27. The quantitative estimate of drug-likeness (QED) is 0.711. The van der Waals surface area contributed by atoms with E-state index in [1.807, 2.05) is 0 Å². The molecular formula is C17H17FN6O2. The predicted molar refractivity (Wildman–Crippen MR) is 87.6 cm³/mol. The molecule has 0 saturated carbocycles. The van der Waals surface area contributed by atoms with Crippen molar-refractivity contribution in [1.82, 2.24) is 30.2 Å². The third-order valence-corrected chi connectivity index (χ3v) is 4.56. The largest absolute Gasteiger partial charge is 0.328 e. The van der Waals surface area contributed by atoms with Gasteiger partial charge in [-0.2, -0.15) is 0 Å². The summed E-state index contributed by atoms with van der Waals surface area (Å²) in [5, 5.41) is 15.6. The second-order valence-electron chi connectivity index (χ2n) is 6.28. The Kier molecular flexibility index (Phi) is 4.19. The van der Waals surface area contributed by atoms with Crippen molar-refractivity contribution in [2.24, 2.45) is 0 Å². The highest BCUT2D eigenvalue weighted by atomic mass is 19.1. The number of hydrogen-bond donors (Lipinski definition) is 0. The highest BCUT2D eigenvalue weighted by Gasteiger charge is 2.35. The number of hydrogen-bond acceptors (Lipinski definition) is 6. The standard InChI is InChI=1S/C17H17FN6O2/c1-11-16(21-26-20-11)15-7-4-8-24(15)17(25)14-10-23(22-19-14)9-12-5-2-3-6-13(12)18/h2-3,5-6,10,15H,4,7-9H2,1H3/t15-/m1/s1. The Balaban J connectivity index is 1.53. The van der Waals surface area contributed by atoms with E-state index >= 15 is 0 Å². The van der Waals surface area contributed by atoms with Gasteiger partial charge in [0.15, 0.2) is 5.69 Å². The molecule has 9 heteroatoms. The van der Waals surface area contributed by atoms with Crippen molar-refractivity contribution in [3.63, 3.8) is 0 Å². The number of halogens is 1. The number of rotatable bonds is 4. The van der Waals surface area contributed by atoms with E-state index in [0.29, 0.717) is 23.5 Å². The fourth-order valence-electron chi connectivity index (χ4n) is 3.26. The van der Waals surface area contributed by atoms with Gasteiger partial charge in [0.1, 0.15) is 17.2 Å². The smallest absolute Gasteiger partial charge is 0.276 e. The molecule has 1 fully saturated rings. The van der Waals surface area contributed by atoms with E-state index in [1.54, 1.807) is 30.0 Å². The number of likely N-dealkylation sites (tertiary alicyclic amines) is 1. The molecule has 1 atom stereocenters. The highest BCUT2D eigenvalue weighted by Crippen LogP contribution is 2.33. The molecule has 1 amide bonds. The zero-order valence-corrected chi connectivity index (χ0v) is 14.2. The monoisotopic (exact) mass is 356 g/mol. The SMILES string of the molecule is Cc1nonc1[C@H]1CCCN1C(=O)c1cn(Cc2ccccc2F)nn1. The van der Waals surface area contributed by atoms with Crippen LogP contribution < -0.4 is 0 Å². The third-order valence-electron chi connectivity index (χ3n) is 4.56. The first kappa shape index (κ1) is 16.4. The molecule has 0 spiro atoms. The predicted octanol–water partition coefficient (Wildman–Crippen LogP) is 2.13. The summed E-state index contributed by atoms with van der Waals surface area (Å²) in [6.07, 6.45) is 3.20. The topological polar surface area (TPSA) is 89.9 Å². The van der Waals surface area contributed by atoms with Crippen molar-refractivity contribution in [2.45, 2.75) is 32.4 Å². The maximum absolute atomic E-state index is 13.8. The first-order valence-electron chi connectivity index (χ1n) is 8.37. The van der Waals surface area contributed by atoms with Gasteiger partial charge in [0, 0.05) is 12.1 Å². The summed E-state index contributed by atoms with van der Waals surface area (Å²) in [5.41, 5.74) is 2.06. The second-order valence-corrected chi connectivity index (χ2v) is 6.28. The van der Waals surface area contributed by atoms with Gasteiger partial charge in [0.05, 0.1) is 18.8 Å². The molecule has 0 N–H and O–H groups in total. The van der Waals surface area contributed by atoms with Gasteiger partial charge < -0.3 is 4.90 Å². The van der Waals surface area contributed by atoms with Crippen LogP contribution in [0.25, 0.3) is 0 Å². The van der Waals surface area contributed by atoms with Crippen LogP contribution in [0.4, 0.5) is 4.39 Å². The van der Waals surface area contributed by atoms with Crippen LogP contribution in [0, 0.1) is 12.7 Å². The maximum Gasteiger partial charge on any atom is 0.276 e. The lowest BCUT2D eigenvalue weighted by molar-refractivity contribution is 0.0724. The van der Waals surface area contributed by atoms with Crippen molar-refractivity contribution in [1.29, 1.82) is 0 Å². The number of carbonyl (C=O) groups excluding carboxylic acids is 1. The van der Waals surface area contributed by atoms with Gasteiger partial charge in [-0.05, 0) is 25.8 Å². The lowest BCUT2D eigenvalue weighted by Crippen LogP contribution is -2.31. The molecule has 134 valence electrons. The Bertz CT molecular complexity index is 937. The minimum absolute atomic E-state index is 0.175. The van der Waals surface area contributed by atoms with Crippen LogP contribution in [0.3, 0.4) is 0 Å². The van der Waals surface area contributed by atoms with E-state index in [0.717, 1.165) is 12.8 Å². The van der Waals surface area contributed by atoms with E-state index in [1.165, 1.54) is 16.9 Å². The lowest BCUT2D eigenvalue weighted by Gasteiger charge is -2.21. The van der Waals surface area contributed by atoms with Gasteiger partial charge in [-0.1, -0.05) is 33.7 Å². The van der Waals surface area contributed by atoms with Crippen LogP contribution in [-0.4, -0.2) is 42.7 Å². The summed E-state index contributed by atoms with van der Waals surface area (Å²) >= 11 is 0. The highest BCUT2D eigenvalue weighted by molar-refractivity contribution is 5.92. The Hall–Kier alpha value is -3.10. The third kappa shape index (κ3) is 2.96. The number of benzene rings is 1. The first-order chi connectivity index (χ1) is 12.6. The van der Waals surface area contributed by atoms with Crippen molar-refractivity contribution >= 4 is 5.91 Å². The molecule has 2 aromatic heterocycles. The van der Waals surface area contributed by atoms with Gasteiger partial charge in [-0.15, -0.1) is 5.10 Å². The Morgan fingerprint density at radius 3 is 2.96 bits per heavy atom. The van der Waals surface area contributed by atoms with E-state index in [4.69, 9.17) is 4.63 Å². The molecule has 3 aromatic rings. The Labute approximate surface area is 148 Å². The zero-order chi connectivity index (χ0) is 18.1. The number of amides is 1. The first-order valence-corrected chi connectivity index (χ1v) is 8.37. The Morgan fingerprint density at radius 2 is 2.19 bits per heavy atom. The van der Waals surface area contributed by atoms with E-state index in [2.05, 4.69) is 20.6 Å². The molecule has 0 aliphatic carbocycles. The van der Waals surface area contributed by atoms with Crippen LogP contribution in [0.1, 0.15) is 46.3 Å². The fraction of sp³-hybridized carbons (Fsp3) is 0.353. The number of nitrogens with zero attached hydrogens (tertiary/aromatic N) is 6. The number of aryl methyl sites for hydroxylation is 1. The molecule has 0 radical (unpaired) electrons. The average molecular weight is 356 g/mol. The number of carbonyl (C=O) groups is 1. The van der Waals surface area contributed by atoms with E-state index in [9.17, 15) is 9.18 Å². The molecule has 1 aliphatic rings. The lowest BCUT2D eigenvalue weighted by atomic mass is 10.1. The van der Waals surface area contributed by atoms with Gasteiger partial charge in [-0.25, -0.2) is 13.7 Å². The molecule has 0 unspecified atom stereocenters. The summed E-state index contributed by atoms with van der Waals surface area (Å²) < 4.78 is 20.0. The normalized spacial score (nSPS) is 17.0. The van der Waals surface area contributed by atoms with Crippen LogP contribution in [0.5, 0.6) is 0 Å². The molecule has 3 heterocycles. The number of aromatic nitrogens is 5. The van der Waals surface area contributed by atoms with Crippen LogP contribution in [0.2, 0.25) is 0 Å².